The first-order chi connectivity index (χ1) is 14.4. The zero-order valence-corrected chi connectivity index (χ0v) is 18.1. The number of anilines is 1. The molecule has 0 unspecified atom stereocenters. The molecule has 0 saturated carbocycles. The Morgan fingerprint density at radius 2 is 2.13 bits per heavy atom. The summed E-state index contributed by atoms with van der Waals surface area (Å²) in [6, 6.07) is 3.28. The van der Waals surface area contributed by atoms with Crippen molar-refractivity contribution in [3.05, 3.63) is 63.3 Å². The average Bonchev–Trinajstić information content (AvgIpc) is 3.29. The lowest BCUT2D eigenvalue weighted by Gasteiger charge is -2.33. The van der Waals surface area contributed by atoms with E-state index in [9.17, 15) is 9.18 Å². The molecule has 0 radical (unpaired) electrons. The van der Waals surface area contributed by atoms with Gasteiger partial charge in [0.2, 0.25) is 0 Å². The molecule has 1 atom stereocenters. The van der Waals surface area contributed by atoms with E-state index in [-0.39, 0.29) is 22.5 Å². The molecule has 2 aromatic heterocycles. The van der Waals surface area contributed by atoms with E-state index in [0.29, 0.717) is 26.2 Å². The van der Waals surface area contributed by atoms with Crippen LogP contribution in [0.3, 0.4) is 0 Å². The van der Waals surface area contributed by atoms with Gasteiger partial charge in [-0.15, -0.1) is 0 Å². The first-order valence-corrected chi connectivity index (χ1v) is 10.4. The van der Waals surface area contributed by atoms with Gasteiger partial charge in [-0.05, 0) is 32.9 Å². The highest BCUT2D eigenvalue weighted by molar-refractivity contribution is 6.31. The summed E-state index contributed by atoms with van der Waals surface area (Å²) in [6.07, 6.45) is 5.36. The quantitative estimate of drug-likeness (QED) is 0.620. The lowest BCUT2D eigenvalue weighted by Crippen LogP contribution is -2.41. The van der Waals surface area contributed by atoms with Crippen molar-refractivity contribution in [2.24, 2.45) is 0 Å². The van der Waals surface area contributed by atoms with E-state index in [0.717, 1.165) is 23.5 Å². The third-order valence-corrected chi connectivity index (χ3v) is 5.66. The molecule has 1 fully saturated rings. The maximum absolute atomic E-state index is 15.0. The van der Waals surface area contributed by atoms with Gasteiger partial charge in [0.25, 0.3) is 0 Å². The van der Waals surface area contributed by atoms with Gasteiger partial charge in [-0.1, -0.05) is 11.6 Å². The second-order valence-corrected chi connectivity index (χ2v) is 8.01. The first-order valence-electron chi connectivity index (χ1n) is 10.0. The first kappa shape index (κ1) is 20.7. The van der Waals surface area contributed by atoms with Gasteiger partial charge in [-0.2, -0.15) is 5.10 Å². The number of halogens is 2. The summed E-state index contributed by atoms with van der Waals surface area (Å²) < 4.78 is 25.3. The number of aromatic nitrogens is 4. The Kier molecular flexibility index (Phi) is 5.71. The smallest absolute Gasteiger partial charge is 0.333 e. The molecule has 1 aliphatic heterocycles. The van der Waals surface area contributed by atoms with E-state index < -0.39 is 5.82 Å². The minimum atomic E-state index is -0.611. The van der Waals surface area contributed by atoms with E-state index in [1.807, 2.05) is 27.0 Å². The fraction of sp³-hybridized carbons (Fsp3) is 0.429. The molecule has 0 aliphatic carbocycles. The number of aryl methyl sites for hydroxylation is 2. The molecular weight excluding hydrogens is 409 g/mol. The molecule has 3 heterocycles. The summed E-state index contributed by atoms with van der Waals surface area (Å²) in [5.74, 6) is -0.611. The zero-order chi connectivity index (χ0) is 21.4. The summed E-state index contributed by atoms with van der Waals surface area (Å²) >= 11 is 6.21. The summed E-state index contributed by atoms with van der Waals surface area (Å²) in [4.78, 5) is 15.2. The van der Waals surface area contributed by atoms with Gasteiger partial charge in [-0.25, -0.2) is 9.18 Å². The minimum Gasteiger partial charge on any atom is -0.375 e. The number of morpholine rings is 1. The number of hydrogen-bond donors (Lipinski definition) is 0. The number of benzene rings is 1. The largest absolute Gasteiger partial charge is 0.375 e. The Morgan fingerprint density at radius 3 is 2.83 bits per heavy atom. The van der Waals surface area contributed by atoms with Crippen molar-refractivity contribution in [1.29, 1.82) is 0 Å². The third kappa shape index (κ3) is 3.89. The predicted molar refractivity (Wildman–Crippen MR) is 114 cm³/mol. The predicted octanol–water partition coefficient (Wildman–Crippen LogP) is 3.23. The van der Waals surface area contributed by atoms with Gasteiger partial charge in [-0.3, -0.25) is 13.8 Å². The van der Waals surface area contributed by atoms with Crippen molar-refractivity contribution in [2.75, 3.05) is 24.6 Å². The molecule has 0 N–H and O–H groups in total. The van der Waals surface area contributed by atoms with Crippen LogP contribution in [0.2, 0.25) is 5.02 Å². The second-order valence-electron chi connectivity index (χ2n) is 7.60. The van der Waals surface area contributed by atoms with E-state index in [1.54, 1.807) is 33.8 Å². The van der Waals surface area contributed by atoms with Gasteiger partial charge < -0.3 is 9.64 Å². The van der Waals surface area contributed by atoms with E-state index >= 15 is 0 Å². The van der Waals surface area contributed by atoms with Crippen molar-refractivity contribution in [3.63, 3.8) is 0 Å². The zero-order valence-electron chi connectivity index (χ0n) is 17.3. The highest BCUT2D eigenvalue weighted by atomic mass is 35.5. The summed E-state index contributed by atoms with van der Waals surface area (Å²) in [7, 11) is 0. The lowest BCUT2D eigenvalue weighted by atomic mass is 10.2. The van der Waals surface area contributed by atoms with Gasteiger partial charge in [0.05, 0.1) is 36.2 Å². The van der Waals surface area contributed by atoms with Gasteiger partial charge in [0, 0.05) is 49.0 Å². The second kappa shape index (κ2) is 8.28. The number of ether oxygens (including phenoxy) is 1. The molecule has 30 heavy (non-hydrogen) atoms. The topological polar surface area (TPSA) is 57.2 Å². The van der Waals surface area contributed by atoms with Crippen LogP contribution < -0.4 is 10.6 Å². The molecule has 0 spiro atoms. The van der Waals surface area contributed by atoms with Crippen LogP contribution in [0.15, 0.2) is 35.5 Å². The molecule has 1 aromatic carbocycles. The summed E-state index contributed by atoms with van der Waals surface area (Å²) in [5.41, 5.74) is 2.24. The van der Waals surface area contributed by atoms with E-state index in [1.165, 1.54) is 4.57 Å². The average molecular weight is 434 g/mol. The van der Waals surface area contributed by atoms with Crippen molar-refractivity contribution < 1.29 is 9.13 Å². The van der Waals surface area contributed by atoms with Crippen LogP contribution in [0.5, 0.6) is 0 Å². The fourth-order valence-corrected chi connectivity index (χ4v) is 3.98. The van der Waals surface area contributed by atoms with Gasteiger partial charge >= 0.3 is 5.69 Å². The van der Waals surface area contributed by atoms with Crippen LogP contribution in [-0.2, 0) is 17.8 Å². The number of hydrogen-bond acceptors (Lipinski definition) is 4. The Morgan fingerprint density at radius 1 is 1.33 bits per heavy atom. The Balaban J connectivity index is 1.72. The van der Waals surface area contributed by atoms with Crippen LogP contribution >= 0.6 is 11.6 Å². The molecule has 1 aliphatic rings. The molecule has 1 saturated heterocycles. The van der Waals surface area contributed by atoms with Gasteiger partial charge in [0.15, 0.2) is 5.82 Å². The van der Waals surface area contributed by atoms with E-state index in [2.05, 4.69) is 10.00 Å². The SMILES string of the molecule is CCn1cc(Cn2c(C)cn(-c3cc(N4CCO[C@H](C)C4)cc(Cl)c3F)c2=O)cn1. The Hall–Kier alpha value is -2.58. The van der Waals surface area contributed by atoms with Crippen LogP contribution in [0.25, 0.3) is 5.69 Å². The van der Waals surface area contributed by atoms with Crippen molar-refractivity contribution in [2.45, 2.75) is 40.0 Å². The minimum absolute atomic E-state index is 0.0110. The van der Waals surface area contributed by atoms with Crippen LogP contribution in [0.4, 0.5) is 10.1 Å². The van der Waals surface area contributed by atoms with Crippen molar-refractivity contribution >= 4 is 17.3 Å². The molecular formula is C21H25ClFN5O2. The third-order valence-electron chi connectivity index (χ3n) is 5.39. The maximum atomic E-state index is 15.0. The molecule has 7 nitrogen and oxygen atoms in total. The standard InChI is InChI=1S/C21H25ClFN5O2/c1-4-26-12-16(9-24-26)13-27-14(2)10-28(21(27)29)19-8-17(7-18(22)20(19)23)25-5-6-30-15(3)11-25/h7-10,12,15H,4-6,11,13H2,1-3H3/t15-/m1/s1. The lowest BCUT2D eigenvalue weighted by molar-refractivity contribution is 0.0532. The molecule has 0 bridgehead atoms. The molecule has 9 heteroatoms. The number of nitrogens with zero attached hydrogens (tertiary/aromatic N) is 5. The molecule has 3 aromatic rings. The maximum Gasteiger partial charge on any atom is 0.333 e. The fourth-order valence-electron chi connectivity index (χ4n) is 3.77. The highest BCUT2D eigenvalue weighted by Crippen LogP contribution is 2.29. The van der Waals surface area contributed by atoms with Crippen LogP contribution in [-0.4, -0.2) is 44.7 Å². The Labute approximate surface area is 179 Å². The molecule has 0 amide bonds. The Bertz CT molecular complexity index is 1120. The molecule has 160 valence electrons. The van der Waals surface area contributed by atoms with Gasteiger partial charge in [0.1, 0.15) is 0 Å². The van der Waals surface area contributed by atoms with Crippen LogP contribution in [0.1, 0.15) is 25.1 Å². The van der Waals surface area contributed by atoms with Crippen molar-refractivity contribution in [1.82, 2.24) is 18.9 Å². The number of imidazole rings is 1. The molecule has 4 rings (SSSR count). The monoisotopic (exact) mass is 433 g/mol. The number of rotatable bonds is 5. The summed E-state index contributed by atoms with van der Waals surface area (Å²) in [5, 5.41) is 4.24. The van der Waals surface area contributed by atoms with Crippen LogP contribution in [0, 0.1) is 12.7 Å². The normalized spacial score (nSPS) is 17.0. The van der Waals surface area contributed by atoms with Crippen molar-refractivity contribution in [3.8, 4) is 5.69 Å². The summed E-state index contributed by atoms with van der Waals surface area (Å²) in [6.45, 7) is 8.90. The highest BCUT2D eigenvalue weighted by Gasteiger charge is 2.22. The van der Waals surface area contributed by atoms with E-state index in [4.69, 9.17) is 16.3 Å².